The van der Waals surface area contributed by atoms with Crippen molar-refractivity contribution >= 4 is 17.3 Å². The first-order valence-electron chi connectivity index (χ1n) is 8.71. The van der Waals surface area contributed by atoms with E-state index in [-0.39, 0.29) is 5.97 Å². The van der Waals surface area contributed by atoms with Crippen LogP contribution in [0.5, 0.6) is 0 Å². The van der Waals surface area contributed by atoms with Crippen molar-refractivity contribution in [1.82, 2.24) is 4.90 Å². The zero-order valence-electron chi connectivity index (χ0n) is 14.6. The second-order valence-corrected chi connectivity index (χ2v) is 6.13. The van der Waals surface area contributed by atoms with Crippen LogP contribution in [0.25, 0.3) is 0 Å². The van der Waals surface area contributed by atoms with Crippen LogP contribution in [-0.4, -0.2) is 57.2 Å². The van der Waals surface area contributed by atoms with E-state index in [0.717, 1.165) is 45.0 Å². The summed E-state index contributed by atoms with van der Waals surface area (Å²) in [5.74, 6) is -0.306. The molecule has 0 aliphatic carbocycles. The van der Waals surface area contributed by atoms with Crippen LogP contribution in [0, 0.1) is 0 Å². The lowest BCUT2D eigenvalue weighted by Gasteiger charge is -2.36. The van der Waals surface area contributed by atoms with E-state index in [4.69, 9.17) is 4.74 Å². The molecule has 0 amide bonds. The second kappa shape index (κ2) is 8.53. The standard InChI is InChI=1S/C20H25N3O2/c1-25-20(24)18-9-5-6-10-19(18)21-11-12-22-13-15-23(16-14-22)17-7-3-2-4-8-17/h2-10,21H,11-16H2,1H3. The zero-order valence-corrected chi connectivity index (χ0v) is 14.6. The zero-order chi connectivity index (χ0) is 17.5. The highest BCUT2D eigenvalue weighted by Gasteiger charge is 2.17. The second-order valence-electron chi connectivity index (χ2n) is 6.13. The van der Waals surface area contributed by atoms with Crippen LogP contribution in [0.3, 0.4) is 0 Å². The Bertz CT molecular complexity index is 682. The third-order valence-electron chi connectivity index (χ3n) is 4.57. The summed E-state index contributed by atoms with van der Waals surface area (Å²) in [5, 5.41) is 3.36. The lowest BCUT2D eigenvalue weighted by atomic mass is 10.2. The monoisotopic (exact) mass is 339 g/mol. The molecule has 132 valence electrons. The number of benzene rings is 2. The van der Waals surface area contributed by atoms with Crippen molar-refractivity contribution in [1.29, 1.82) is 0 Å². The number of para-hydroxylation sites is 2. The van der Waals surface area contributed by atoms with Gasteiger partial charge in [0.15, 0.2) is 0 Å². The number of carbonyl (C=O) groups is 1. The van der Waals surface area contributed by atoms with Crippen LogP contribution in [0.15, 0.2) is 54.6 Å². The van der Waals surface area contributed by atoms with E-state index < -0.39 is 0 Å². The fourth-order valence-corrected chi connectivity index (χ4v) is 3.14. The SMILES string of the molecule is COC(=O)c1ccccc1NCCN1CCN(c2ccccc2)CC1. The van der Waals surface area contributed by atoms with Crippen LogP contribution in [0.4, 0.5) is 11.4 Å². The summed E-state index contributed by atoms with van der Waals surface area (Å²) in [7, 11) is 1.41. The van der Waals surface area contributed by atoms with Crippen molar-refractivity contribution in [2.24, 2.45) is 0 Å². The minimum absolute atomic E-state index is 0.306. The number of piperazine rings is 1. The van der Waals surface area contributed by atoms with E-state index in [9.17, 15) is 4.79 Å². The summed E-state index contributed by atoms with van der Waals surface area (Å²) in [5.41, 5.74) is 2.71. The van der Waals surface area contributed by atoms with Gasteiger partial charge < -0.3 is 15.0 Å². The number of rotatable bonds is 6. The van der Waals surface area contributed by atoms with Gasteiger partial charge in [-0.3, -0.25) is 4.90 Å². The Kier molecular flexibility index (Phi) is 5.90. The highest BCUT2D eigenvalue weighted by Crippen LogP contribution is 2.17. The Labute approximate surface area is 149 Å². The first kappa shape index (κ1) is 17.3. The maximum Gasteiger partial charge on any atom is 0.339 e. The molecular formula is C20H25N3O2. The van der Waals surface area contributed by atoms with Gasteiger partial charge in [-0.2, -0.15) is 0 Å². The Hall–Kier alpha value is -2.53. The molecule has 0 aromatic heterocycles. The highest BCUT2D eigenvalue weighted by atomic mass is 16.5. The van der Waals surface area contributed by atoms with Gasteiger partial charge in [0.2, 0.25) is 0 Å². The molecule has 0 spiro atoms. The van der Waals surface area contributed by atoms with Crippen LogP contribution in [0.1, 0.15) is 10.4 Å². The van der Waals surface area contributed by atoms with Crippen molar-refractivity contribution in [2.75, 3.05) is 56.6 Å². The molecule has 3 rings (SSSR count). The molecule has 0 atom stereocenters. The molecule has 1 N–H and O–H groups in total. The molecule has 1 saturated heterocycles. The van der Waals surface area contributed by atoms with Gasteiger partial charge in [0.05, 0.1) is 12.7 Å². The molecular weight excluding hydrogens is 314 g/mol. The topological polar surface area (TPSA) is 44.8 Å². The van der Waals surface area contributed by atoms with E-state index in [1.807, 2.05) is 18.2 Å². The highest BCUT2D eigenvalue weighted by molar-refractivity contribution is 5.95. The molecule has 2 aromatic carbocycles. The first-order valence-corrected chi connectivity index (χ1v) is 8.71. The molecule has 1 aliphatic rings. The molecule has 0 saturated carbocycles. The minimum atomic E-state index is -0.306. The van der Waals surface area contributed by atoms with Gasteiger partial charge in [0, 0.05) is 50.6 Å². The number of anilines is 2. The lowest BCUT2D eigenvalue weighted by Crippen LogP contribution is -2.47. The molecule has 0 bridgehead atoms. The average molecular weight is 339 g/mol. The van der Waals surface area contributed by atoms with Gasteiger partial charge in [0.1, 0.15) is 0 Å². The van der Waals surface area contributed by atoms with Gasteiger partial charge in [-0.15, -0.1) is 0 Å². The van der Waals surface area contributed by atoms with Crippen LogP contribution < -0.4 is 10.2 Å². The number of nitrogens with zero attached hydrogens (tertiary/aromatic N) is 2. The number of carbonyl (C=O) groups excluding carboxylic acids is 1. The summed E-state index contributed by atoms with van der Waals surface area (Å²) < 4.78 is 4.83. The average Bonchev–Trinajstić information content (AvgIpc) is 2.69. The molecule has 25 heavy (non-hydrogen) atoms. The van der Waals surface area contributed by atoms with E-state index in [2.05, 4.69) is 45.4 Å². The predicted octanol–water partition coefficient (Wildman–Crippen LogP) is 2.71. The molecule has 2 aromatic rings. The molecule has 1 heterocycles. The summed E-state index contributed by atoms with van der Waals surface area (Å²) in [6, 6.07) is 18.0. The Morgan fingerprint density at radius 2 is 1.68 bits per heavy atom. The fraction of sp³-hybridized carbons (Fsp3) is 0.350. The Morgan fingerprint density at radius 1 is 1.00 bits per heavy atom. The van der Waals surface area contributed by atoms with Gasteiger partial charge in [0.25, 0.3) is 0 Å². The van der Waals surface area contributed by atoms with Crippen LogP contribution in [0.2, 0.25) is 0 Å². The third kappa shape index (κ3) is 4.51. The van der Waals surface area contributed by atoms with E-state index in [1.165, 1.54) is 12.8 Å². The Balaban J connectivity index is 1.46. The number of hydrogen-bond acceptors (Lipinski definition) is 5. The first-order chi connectivity index (χ1) is 12.3. The van der Waals surface area contributed by atoms with Gasteiger partial charge in [-0.1, -0.05) is 30.3 Å². The number of nitrogens with one attached hydrogen (secondary N) is 1. The van der Waals surface area contributed by atoms with Crippen LogP contribution in [-0.2, 0) is 4.74 Å². The summed E-state index contributed by atoms with van der Waals surface area (Å²) in [6.45, 7) is 5.95. The Morgan fingerprint density at radius 3 is 2.40 bits per heavy atom. The van der Waals surface area contributed by atoms with E-state index >= 15 is 0 Å². The number of methoxy groups -OCH3 is 1. The summed E-state index contributed by atoms with van der Waals surface area (Å²) in [6.07, 6.45) is 0. The van der Waals surface area contributed by atoms with Gasteiger partial charge >= 0.3 is 5.97 Å². The summed E-state index contributed by atoms with van der Waals surface area (Å²) in [4.78, 5) is 16.7. The number of ether oxygens (including phenoxy) is 1. The molecule has 5 heteroatoms. The fourth-order valence-electron chi connectivity index (χ4n) is 3.14. The maximum atomic E-state index is 11.8. The lowest BCUT2D eigenvalue weighted by molar-refractivity contribution is 0.0602. The molecule has 1 fully saturated rings. The molecule has 1 aliphatic heterocycles. The number of hydrogen-bond donors (Lipinski definition) is 1. The predicted molar refractivity (Wildman–Crippen MR) is 101 cm³/mol. The maximum absolute atomic E-state index is 11.8. The van der Waals surface area contributed by atoms with Gasteiger partial charge in [-0.25, -0.2) is 4.79 Å². The summed E-state index contributed by atoms with van der Waals surface area (Å²) >= 11 is 0. The smallest absolute Gasteiger partial charge is 0.339 e. The number of esters is 1. The quantitative estimate of drug-likeness (QED) is 0.820. The molecule has 5 nitrogen and oxygen atoms in total. The molecule has 0 radical (unpaired) electrons. The van der Waals surface area contributed by atoms with Crippen molar-refractivity contribution in [3.63, 3.8) is 0 Å². The van der Waals surface area contributed by atoms with E-state index in [1.54, 1.807) is 6.07 Å². The normalized spacial score (nSPS) is 15.0. The van der Waals surface area contributed by atoms with Crippen molar-refractivity contribution in [3.05, 3.63) is 60.2 Å². The van der Waals surface area contributed by atoms with Gasteiger partial charge in [-0.05, 0) is 24.3 Å². The van der Waals surface area contributed by atoms with Crippen molar-refractivity contribution in [3.8, 4) is 0 Å². The molecule has 0 unspecified atom stereocenters. The third-order valence-corrected chi connectivity index (χ3v) is 4.57. The largest absolute Gasteiger partial charge is 0.465 e. The van der Waals surface area contributed by atoms with E-state index in [0.29, 0.717) is 5.56 Å². The minimum Gasteiger partial charge on any atom is -0.465 e. The van der Waals surface area contributed by atoms with Crippen molar-refractivity contribution in [2.45, 2.75) is 0 Å². The van der Waals surface area contributed by atoms with Crippen LogP contribution >= 0.6 is 0 Å². The van der Waals surface area contributed by atoms with Crippen molar-refractivity contribution < 1.29 is 9.53 Å².